The van der Waals surface area contributed by atoms with E-state index in [4.69, 9.17) is 5.73 Å². The van der Waals surface area contributed by atoms with Crippen LogP contribution in [0.2, 0.25) is 0 Å². The van der Waals surface area contributed by atoms with E-state index in [1.165, 1.54) is 0 Å². The van der Waals surface area contributed by atoms with Crippen LogP contribution in [0.25, 0.3) is 22.0 Å². The molecule has 29 heavy (non-hydrogen) atoms. The van der Waals surface area contributed by atoms with Crippen LogP contribution in [-0.2, 0) is 24.8 Å². The first-order valence-corrected chi connectivity index (χ1v) is 9.65. The number of alkyl halides is 1. The summed E-state index contributed by atoms with van der Waals surface area (Å²) < 4.78 is 30.5. The lowest BCUT2D eigenvalue weighted by atomic mass is 9.99. The Kier molecular flexibility index (Phi) is 5.27. The predicted octanol–water partition coefficient (Wildman–Crippen LogP) is 2.74. The Morgan fingerprint density at radius 1 is 1.31 bits per heavy atom. The van der Waals surface area contributed by atoms with Gasteiger partial charge in [0.25, 0.3) is 0 Å². The second-order valence-electron chi connectivity index (χ2n) is 7.59. The number of pyridine rings is 1. The monoisotopic (exact) mass is 399 g/mol. The van der Waals surface area contributed by atoms with Gasteiger partial charge in [0.1, 0.15) is 11.7 Å². The molecule has 1 amide bonds. The van der Waals surface area contributed by atoms with E-state index in [9.17, 15) is 9.18 Å². The number of likely N-dealkylation sites (tertiary alicyclic amines) is 1. The Morgan fingerprint density at radius 2 is 2.07 bits per heavy atom. The van der Waals surface area contributed by atoms with Crippen LogP contribution in [0.15, 0.2) is 30.6 Å². The van der Waals surface area contributed by atoms with Gasteiger partial charge >= 0.3 is 0 Å². The molecule has 3 aromatic rings. The summed E-state index contributed by atoms with van der Waals surface area (Å²) in [5.74, 6) is -0.944. The van der Waals surface area contributed by atoms with E-state index in [2.05, 4.69) is 15.0 Å². The molecule has 1 aliphatic rings. The van der Waals surface area contributed by atoms with Gasteiger partial charge in [-0.05, 0) is 24.5 Å². The maximum Gasteiger partial charge on any atom is 0.223 e. The second-order valence-corrected chi connectivity index (χ2v) is 7.59. The van der Waals surface area contributed by atoms with Crippen molar-refractivity contribution in [3.8, 4) is 11.1 Å². The molecule has 0 radical (unpaired) electrons. The molecule has 1 saturated heterocycles. The molecule has 4 rings (SSSR count). The maximum absolute atomic E-state index is 15.4. The number of piperidine rings is 1. The van der Waals surface area contributed by atoms with Gasteiger partial charge in [-0.2, -0.15) is 5.10 Å². The number of amides is 1. The lowest BCUT2D eigenvalue weighted by Crippen LogP contribution is -2.34. The van der Waals surface area contributed by atoms with Gasteiger partial charge in [-0.15, -0.1) is 0 Å². The number of carbonyl (C=O) groups excluding carboxylic acids is 1. The van der Waals surface area contributed by atoms with E-state index >= 15 is 4.39 Å². The van der Waals surface area contributed by atoms with Gasteiger partial charge in [-0.25, -0.2) is 13.8 Å². The molecule has 2 N–H and O–H groups in total. The first kappa shape index (κ1) is 19.4. The summed E-state index contributed by atoms with van der Waals surface area (Å²) in [5.41, 5.74) is 8.03. The first-order valence-electron chi connectivity index (χ1n) is 9.65. The highest BCUT2D eigenvalue weighted by Crippen LogP contribution is 2.31. The molecule has 1 aromatic carbocycles. The van der Waals surface area contributed by atoms with E-state index in [1.54, 1.807) is 30.1 Å². The van der Waals surface area contributed by atoms with Crippen molar-refractivity contribution in [3.63, 3.8) is 0 Å². The highest BCUT2D eigenvalue weighted by molar-refractivity contribution is 5.95. The maximum atomic E-state index is 15.4. The molecule has 0 unspecified atom stereocenters. The molecule has 1 fully saturated rings. The minimum atomic E-state index is -0.771. The van der Waals surface area contributed by atoms with Crippen molar-refractivity contribution in [3.05, 3.63) is 47.7 Å². The Morgan fingerprint density at radius 3 is 2.72 bits per heavy atom. The first-order chi connectivity index (χ1) is 13.9. The largest absolute Gasteiger partial charge is 0.369 e. The third-order valence-electron chi connectivity index (χ3n) is 5.33. The normalized spacial score (nSPS) is 15.8. The molecular weight excluding hydrogens is 376 g/mol. The predicted molar refractivity (Wildman–Crippen MR) is 106 cm³/mol. The van der Waals surface area contributed by atoms with E-state index in [0.29, 0.717) is 49.1 Å². The van der Waals surface area contributed by atoms with Crippen LogP contribution in [-0.4, -0.2) is 44.8 Å². The van der Waals surface area contributed by atoms with Crippen LogP contribution in [0.5, 0.6) is 0 Å². The highest BCUT2D eigenvalue weighted by atomic mass is 19.1. The summed E-state index contributed by atoms with van der Waals surface area (Å²) in [7, 11) is 1.80. The molecule has 0 aliphatic carbocycles. The van der Waals surface area contributed by atoms with Crippen molar-refractivity contribution in [1.29, 1.82) is 0 Å². The second kappa shape index (κ2) is 7.87. The summed E-state index contributed by atoms with van der Waals surface area (Å²) in [6, 6.07) is 5.36. The molecule has 0 saturated carbocycles. The number of benzene rings is 1. The van der Waals surface area contributed by atoms with Gasteiger partial charge in [0.15, 0.2) is 5.82 Å². The fraction of sp³-hybridized carbons (Fsp3) is 0.381. The van der Waals surface area contributed by atoms with Crippen molar-refractivity contribution >= 4 is 16.8 Å². The molecule has 0 atom stereocenters. The van der Waals surface area contributed by atoms with Gasteiger partial charge < -0.3 is 5.73 Å². The number of halogens is 2. The fourth-order valence-electron chi connectivity index (χ4n) is 3.84. The zero-order chi connectivity index (χ0) is 20.5. The molecule has 152 valence electrons. The third-order valence-corrected chi connectivity index (χ3v) is 5.33. The number of carbonyl (C=O) groups is 1. The SMILES string of the molecule is Cn1cc(-c2cc(CC(N)=O)nc3c(F)c(CN4CCC(F)CC4)ccc23)cn1. The molecule has 6 nitrogen and oxygen atoms in total. The number of primary amides is 1. The van der Waals surface area contributed by atoms with Gasteiger partial charge in [0.2, 0.25) is 5.91 Å². The summed E-state index contributed by atoms with van der Waals surface area (Å²) in [5, 5.41) is 4.84. The smallest absolute Gasteiger partial charge is 0.223 e. The van der Waals surface area contributed by atoms with E-state index < -0.39 is 17.9 Å². The molecule has 0 spiro atoms. The molecule has 2 aromatic heterocycles. The van der Waals surface area contributed by atoms with Gasteiger partial charge in [-0.1, -0.05) is 12.1 Å². The topological polar surface area (TPSA) is 77.0 Å². The van der Waals surface area contributed by atoms with Gasteiger partial charge in [0, 0.05) is 49.4 Å². The van der Waals surface area contributed by atoms with Crippen LogP contribution in [0, 0.1) is 5.82 Å². The van der Waals surface area contributed by atoms with Crippen molar-refractivity contribution in [2.75, 3.05) is 13.1 Å². The van der Waals surface area contributed by atoms with Crippen LogP contribution < -0.4 is 5.73 Å². The number of nitrogens with zero attached hydrogens (tertiary/aromatic N) is 4. The Bertz CT molecular complexity index is 1060. The summed E-state index contributed by atoms with van der Waals surface area (Å²) in [6.07, 6.45) is 3.62. The zero-order valence-corrected chi connectivity index (χ0v) is 16.2. The Balaban J connectivity index is 1.77. The lowest BCUT2D eigenvalue weighted by molar-refractivity contribution is -0.117. The average Bonchev–Trinajstić information content (AvgIpc) is 3.11. The average molecular weight is 399 g/mol. The number of fused-ring (bicyclic) bond motifs is 1. The van der Waals surface area contributed by atoms with Crippen molar-refractivity contribution in [2.24, 2.45) is 12.8 Å². The highest BCUT2D eigenvalue weighted by Gasteiger charge is 2.21. The minimum Gasteiger partial charge on any atom is -0.369 e. The van der Waals surface area contributed by atoms with E-state index in [-0.39, 0.29) is 11.9 Å². The number of aryl methyl sites for hydroxylation is 1. The molecule has 8 heteroatoms. The summed E-state index contributed by atoms with van der Waals surface area (Å²) >= 11 is 0. The lowest BCUT2D eigenvalue weighted by Gasteiger charge is -2.28. The van der Waals surface area contributed by atoms with Crippen molar-refractivity contribution in [2.45, 2.75) is 32.0 Å². The number of rotatable bonds is 5. The molecule has 0 bridgehead atoms. The fourth-order valence-corrected chi connectivity index (χ4v) is 3.84. The standard InChI is InChI=1S/C21H23F2N5O/c1-27-11-14(10-25-27)18-8-16(9-19(24)29)26-21-17(18)3-2-13(20(21)23)12-28-6-4-15(22)5-7-28/h2-3,8,10-11,15H,4-7,9,12H2,1H3,(H2,24,29). The van der Waals surface area contributed by atoms with E-state index in [0.717, 1.165) is 11.1 Å². The number of aromatic nitrogens is 3. The van der Waals surface area contributed by atoms with Crippen molar-refractivity contribution in [1.82, 2.24) is 19.7 Å². The number of hydrogen-bond acceptors (Lipinski definition) is 4. The van der Waals surface area contributed by atoms with Crippen LogP contribution in [0.1, 0.15) is 24.1 Å². The quantitative estimate of drug-likeness (QED) is 0.716. The number of nitrogens with two attached hydrogens (primary N) is 1. The zero-order valence-electron chi connectivity index (χ0n) is 16.2. The Labute approximate surface area is 167 Å². The van der Waals surface area contributed by atoms with Crippen LogP contribution in [0.3, 0.4) is 0 Å². The van der Waals surface area contributed by atoms with E-state index in [1.807, 2.05) is 12.3 Å². The van der Waals surface area contributed by atoms with Crippen LogP contribution in [0.4, 0.5) is 8.78 Å². The van der Waals surface area contributed by atoms with Crippen LogP contribution >= 0.6 is 0 Å². The molecule has 3 heterocycles. The van der Waals surface area contributed by atoms with Gasteiger partial charge in [0.05, 0.1) is 18.3 Å². The third kappa shape index (κ3) is 4.12. The molecular formula is C21H23F2N5O. The minimum absolute atomic E-state index is 0.0725. The van der Waals surface area contributed by atoms with Crippen molar-refractivity contribution < 1.29 is 13.6 Å². The summed E-state index contributed by atoms with van der Waals surface area (Å²) in [6.45, 7) is 1.61. The Hall–Kier alpha value is -2.87. The van der Waals surface area contributed by atoms with Gasteiger partial charge in [-0.3, -0.25) is 14.4 Å². The number of hydrogen-bond donors (Lipinski definition) is 1. The molecule has 1 aliphatic heterocycles. The summed E-state index contributed by atoms with van der Waals surface area (Å²) in [4.78, 5) is 17.9.